The molecule has 0 radical (unpaired) electrons. The van der Waals surface area contributed by atoms with E-state index in [1.54, 1.807) is 0 Å². The summed E-state index contributed by atoms with van der Waals surface area (Å²) in [5, 5.41) is 0. The number of aryl methyl sites for hydroxylation is 1. The van der Waals surface area contributed by atoms with Crippen LogP contribution in [-0.2, 0) is 6.42 Å². The van der Waals surface area contributed by atoms with Crippen LogP contribution in [0, 0.1) is 5.82 Å². The standard InChI is InChI=1S/C14H15BrClFN2/c15-10-7-13-12(8-11(10)17)18-14(5-6-16)19(13)9-3-1-2-4-9/h7-9H,1-6H2. The molecule has 1 saturated carbocycles. The number of benzene rings is 1. The summed E-state index contributed by atoms with van der Waals surface area (Å²) in [6.45, 7) is 0. The summed E-state index contributed by atoms with van der Waals surface area (Å²) in [4.78, 5) is 4.57. The second-order valence-corrected chi connectivity index (χ2v) is 6.26. The fourth-order valence-corrected chi connectivity index (χ4v) is 3.47. The van der Waals surface area contributed by atoms with E-state index in [1.807, 2.05) is 6.07 Å². The van der Waals surface area contributed by atoms with Crippen molar-refractivity contribution in [3.05, 3.63) is 28.2 Å². The molecule has 0 atom stereocenters. The molecule has 0 aliphatic heterocycles. The van der Waals surface area contributed by atoms with Gasteiger partial charge in [-0.3, -0.25) is 0 Å². The summed E-state index contributed by atoms with van der Waals surface area (Å²) >= 11 is 9.13. The van der Waals surface area contributed by atoms with Crippen molar-refractivity contribution < 1.29 is 4.39 Å². The minimum Gasteiger partial charge on any atom is -0.325 e. The van der Waals surface area contributed by atoms with Gasteiger partial charge in [-0.15, -0.1) is 11.6 Å². The predicted molar refractivity (Wildman–Crippen MR) is 79.3 cm³/mol. The van der Waals surface area contributed by atoms with Crippen LogP contribution in [0.4, 0.5) is 4.39 Å². The van der Waals surface area contributed by atoms with E-state index in [0.29, 0.717) is 16.4 Å². The van der Waals surface area contributed by atoms with Crippen LogP contribution in [0.15, 0.2) is 16.6 Å². The first kappa shape index (κ1) is 13.4. The van der Waals surface area contributed by atoms with E-state index in [1.165, 1.54) is 31.7 Å². The predicted octanol–water partition coefficient (Wildman–Crippen LogP) is 4.83. The molecule has 0 amide bonds. The van der Waals surface area contributed by atoms with Gasteiger partial charge in [0.25, 0.3) is 0 Å². The molecular formula is C14H15BrClFN2. The van der Waals surface area contributed by atoms with Crippen LogP contribution < -0.4 is 0 Å². The molecule has 2 nitrogen and oxygen atoms in total. The van der Waals surface area contributed by atoms with Crippen molar-refractivity contribution in [3.8, 4) is 0 Å². The molecule has 1 aromatic heterocycles. The maximum Gasteiger partial charge on any atom is 0.139 e. The lowest BCUT2D eigenvalue weighted by Gasteiger charge is -2.16. The van der Waals surface area contributed by atoms with E-state index in [9.17, 15) is 4.39 Å². The molecular weight excluding hydrogens is 331 g/mol. The Kier molecular flexibility index (Phi) is 3.81. The fourth-order valence-electron chi connectivity index (χ4n) is 2.97. The first-order valence-electron chi connectivity index (χ1n) is 6.62. The number of rotatable bonds is 3. The molecule has 1 aromatic carbocycles. The van der Waals surface area contributed by atoms with Gasteiger partial charge in [-0.1, -0.05) is 12.8 Å². The zero-order valence-corrected chi connectivity index (χ0v) is 12.8. The lowest BCUT2D eigenvalue weighted by atomic mass is 10.2. The Hall–Kier alpha value is -0.610. The van der Waals surface area contributed by atoms with Crippen LogP contribution in [0.3, 0.4) is 0 Å². The zero-order valence-electron chi connectivity index (χ0n) is 10.5. The van der Waals surface area contributed by atoms with Gasteiger partial charge < -0.3 is 4.57 Å². The van der Waals surface area contributed by atoms with E-state index < -0.39 is 0 Å². The van der Waals surface area contributed by atoms with Crippen molar-refractivity contribution in [2.24, 2.45) is 0 Å². The Labute approximate surface area is 125 Å². The van der Waals surface area contributed by atoms with Crippen molar-refractivity contribution in [3.63, 3.8) is 0 Å². The Balaban J connectivity index is 2.19. The smallest absolute Gasteiger partial charge is 0.139 e. The van der Waals surface area contributed by atoms with Crippen molar-refractivity contribution in [2.75, 3.05) is 5.88 Å². The molecule has 19 heavy (non-hydrogen) atoms. The van der Waals surface area contributed by atoms with Crippen LogP contribution in [0.2, 0.25) is 0 Å². The lowest BCUT2D eigenvalue weighted by molar-refractivity contribution is 0.513. The summed E-state index contributed by atoms with van der Waals surface area (Å²) in [5.41, 5.74) is 1.74. The molecule has 0 N–H and O–H groups in total. The highest BCUT2D eigenvalue weighted by Crippen LogP contribution is 2.35. The van der Waals surface area contributed by atoms with Gasteiger partial charge in [-0.2, -0.15) is 0 Å². The summed E-state index contributed by atoms with van der Waals surface area (Å²) in [5.74, 6) is 1.26. The fraction of sp³-hybridized carbons (Fsp3) is 0.500. The molecule has 1 aliphatic rings. The summed E-state index contributed by atoms with van der Waals surface area (Å²) in [7, 11) is 0. The third-order valence-corrected chi connectivity index (χ3v) is 4.61. The molecule has 1 fully saturated rings. The third kappa shape index (κ3) is 2.40. The Morgan fingerprint density at radius 3 is 2.79 bits per heavy atom. The van der Waals surface area contributed by atoms with Crippen LogP contribution in [0.5, 0.6) is 0 Å². The first-order chi connectivity index (χ1) is 9.20. The van der Waals surface area contributed by atoms with Crippen molar-refractivity contribution in [2.45, 2.75) is 38.1 Å². The maximum absolute atomic E-state index is 13.6. The second kappa shape index (κ2) is 5.41. The number of nitrogens with zero attached hydrogens (tertiary/aromatic N) is 2. The highest BCUT2D eigenvalue weighted by molar-refractivity contribution is 9.10. The molecule has 0 saturated heterocycles. The van der Waals surface area contributed by atoms with E-state index >= 15 is 0 Å². The Morgan fingerprint density at radius 1 is 1.37 bits per heavy atom. The van der Waals surface area contributed by atoms with Crippen LogP contribution >= 0.6 is 27.5 Å². The molecule has 0 unspecified atom stereocenters. The monoisotopic (exact) mass is 344 g/mol. The Bertz CT molecular complexity index is 605. The highest BCUT2D eigenvalue weighted by Gasteiger charge is 2.23. The number of fused-ring (bicyclic) bond motifs is 1. The molecule has 102 valence electrons. The van der Waals surface area contributed by atoms with Gasteiger partial charge >= 0.3 is 0 Å². The van der Waals surface area contributed by atoms with Gasteiger partial charge in [0.05, 0.1) is 15.5 Å². The summed E-state index contributed by atoms with van der Waals surface area (Å²) < 4.78 is 16.4. The molecule has 2 aromatic rings. The molecule has 3 rings (SSSR count). The third-order valence-electron chi connectivity index (χ3n) is 3.81. The quantitative estimate of drug-likeness (QED) is 0.728. The number of hydrogen-bond donors (Lipinski definition) is 0. The number of imidazole rings is 1. The SMILES string of the molecule is Fc1cc2nc(CCCl)n(C3CCCC3)c2cc1Br. The summed E-state index contributed by atoms with van der Waals surface area (Å²) in [6, 6.07) is 3.83. The van der Waals surface area contributed by atoms with Crippen LogP contribution in [0.25, 0.3) is 11.0 Å². The van der Waals surface area contributed by atoms with Gasteiger partial charge in [0.2, 0.25) is 0 Å². The highest BCUT2D eigenvalue weighted by atomic mass is 79.9. The second-order valence-electron chi connectivity index (χ2n) is 5.03. The van der Waals surface area contributed by atoms with E-state index in [-0.39, 0.29) is 5.82 Å². The number of hydrogen-bond acceptors (Lipinski definition) is 1. The number of alkyl halides is 1. The van der Waals surface area contributed by atoms with Crippen LogP contribution in [-0.4, -0.2) is 15.4 Å². The molecule has 1 heterocycles. The number of aromatic nitrogens is 2. The van der Waals surface area contributed by atoms with Gasteiger partial charge in [0, 0.05) is 24.4 Å². The average Bonchev–Trinajstić information content (AvgIpc) is 2.98. The van der Waals surface area contributed by atoms with Gasteiger partial charge in [0.1, 0.15) is 11.6 Å². The maximum atomic E-state index is 13.6. The van der Waals surface area contributed by atoms with Crippen molar-refractivity contribution >= 4 is 38.6 Å². The lowest BCUT2D eigenvalue weighted by Crippen LogP contribution is -2.09. The summed E-state index contributed by atoms with van der Waals surface area (Å²) in [6.07, 6.45) is 5.59. The van der Waals surface area contributed by atoms with E-state index in [2.05, 4.69) is 25.5 Å². The van der Waals surface area contributed by atoms with Gasteiger partial charge in [-0.25, -0.2) is 9.37 Å². The number of halogens is 3. The topological polar surface area (TPSA) is 17.8 Å². The first-order valence-corrected chi connectivity index (χ1v) is 7.95. The normalized spacial score (nSPS) is 16.6. The molecule has 0 spiro atoms. The Morgan fingerprint density at radius 2 is 2.11 bits per heavy atom. The van der Waals surface area contributed by atoms with Gasteiger partial charge in [0.15, 0.2) is 0 Å². The molecule has 0 bridgehead atoms. The largest absolute Gasteiger partial charge is 0.325 e. The van der Waals surface area contributed by atoms with E-state index in [0.717, 1.165) is 23.3 Å². The zero-order chi connectivity index (χ0) is 13.4. The van der Waals surface area contributed by atoms with E-state index in [4.69, 9.17) is 11.6 Å². The minimum atomic E-state index is -0.263. The average molecular weight is 346 g/mol. The van der Waals surface area contributed by atoms with Crippen molar-refractivity contribution in [1.29, 1.82) is 0 Å². The molecule has 5 heteroatoms. The van der Waals surface area contributed by atoms with Crippen molar-refractivity contribution in [1.82, 2.24) is 9.55 Å². The van der Waals surface area contributed by atoms with Gasteiger partial charge in [-0.05, 0) is 34.8 Å². The minimum absolute atomic E-state index is 0.263. The van der Waals surface area contributed by atoms with Crippen LogP contribution in [0.1, 0.15) is 37.5 Å². The molecule has 1 aliphatic carbocycles.